The Bertz CT molecular complexity index is 1240. The molecule has 0 heterocycles. The van der Waals surface area contributed by atoms with E-state index in [1.807, 2.05) is 5.32 Å². The standard InChI is InChI=1S/C18H13F7N2O5S3/c1-33-10-6-7-14(12(8-10)27(29)30)35(31,32)9-15(28)26-11-4-2-3-5-13(11)34-18(24,25)16(19,20)17(21,22)23/h2-8H,9H2,1H3,(H,26,28). The molecule has 0 aliphatic rings. The number of nitro benzene ring substituents is 1. The van der Waals surface area contributed by atoms with Gasteiger partial charge >= 0.3 is 17.4 Å². The van der Waals surface area contributed by atoms with Crippen molar-refractivity contribution >= 4 is 50.6 Å². The van der Waals surface area contributed by atoms with Gasteiger partial charge in [0.05, 0.1) is 10.6 Å². The summed E-state index contributed by atoms with van der Waals surface area (Å²) < 4.78 is 116. The smallest absolute Gasteiger partial charge is 0.324 e. The topological polar surface area (TPSA) is 106 Å². The first-order valence-electron chi connectivity index (χ1n) is 8.88. The van der Waals surface area contributed by atoms with Crippen LogP contribution in [0.25, 0.3) is 0 Å². The van der Waals surface area contributed by atoms with Crippen molar-refractivity contribution in [1.29, 1.82) is 0 Å². The van der Waals surface area contributed by atoms with Crippen molar-refractivity contribution in [3.63, 3.8) is 0 Å². The van der Waals surface area contributed by atoms with Crippen molar-refractivity contribution in [1.82, 2.24) is 0 Å². The maximum Gasteiger partial charge on any atom is 0.460 e. The normalized spacial score (nSPS) is 12.9. The molecule has 0 radical (unpaired) electrons. The fourth-order valence-corrected chi connectivity index (χ4v) is 5.12. The van der Waals surface area contributed by atoms with Gasteiger partial charge in [0.1, 0.15) is 10.6 Å². The number of hydrogen-bond acceptors (Lipinski definition) is 7. The molecule has 0 fully saturated rings. The van der Waals surface area contributed by atoms with Crippen LogP contribution in [-0.4, -0.2) is 48.6 Å². The number of rotatable bonds is 9. The lowest BCUT2D eigenvalue weighted by atomic mass is 10.3. The number of hydrogen-bond donors (Lipinski definition) is 1. The summed E-state index contributed by atoms with van der Waals surface area (Å²) in [5, 5.41) is 7.42. The Morgan fingerprint density at radius 2 is 1.66 bits per heavy atom. The number of nitro groups is 1. The third-order valence-corrected chi connectivity index (χ3v) is 7.61. The molecule has 0 bridgehead atoms. The maximum absolute atomic E-state index is 13.8. The number of nitrogens with zero attached hydrogens (tertiary/aromatic N) is 1. The molecule has 7 nitrogen and oxygen atoms in total. The number of halogens is 7. The van der Waals surface area contributed by atoms with E-state index in [0.29, 0.717) is 11.0 Å². The highest BCUT2D eigenvalue weighted by molar-refractivity contribution is 8.00. The van der Waals surface area contributed by atoms with E-state index in [4.69, 9.17) is 0 Å². The molecule has 2 aromatic carbocycles. The zero-order valence-electron chi connectivity index (χ0n) is 17.1. The van der Waals surface area contributed by atoms with Crippen molar-refractivity contribution in [2.75, 3.05) is 17.3 Å². The van der Waals surface area contributed by atoms with Crippen molar-refractivity contribution in [2.45, 2.75) is 32.0 Å². The molecule has 2 aromatic rings. The summed E-state index contributed by atoms with van der Waals surface area (Å²) in [6.45, 7) is 0. The molecule has 0 aliphatic heterocycles. The Kier molecular flexibility index (Phi) is 8.38. The molecule has 0 saturated carbocycles. The molecule has 192 valence electrons. The van der Waals surface area contributed by atoms with Crippen LogP contribution in [0.5, 0.6) is 0 Å². The molecule has 1 amide bonds. The average Bonchev–Trinajstić information content (AvgIpc) is 2.73. The number of sulfone groups is 1. The number of alkyl halides is 7. The average molecular weight is 566 g/mol. The quantitative estimate of drug-likeness (QED) is 0.182. The predicted molar refractivity (Wildman–Crippen MR) is 114 cm³/mol. The van der Waals surface area contributed by atoms with Gasteiger partial charge in [0.25, 0.3) is 5.69 Å². The van der Waals surface area contributed by atoms with Gasteiger partial charge in [-0.25, -0.2) is 8.42 Å². The van der Waals surface area contributed by atoms with E-state index < -0.39 is 76.7 Å². The third-order valence-electron chi connectivity index (χ3n) is 4.14. The van der Waals surface area contributed by atoms with E-state index >= 15 is 0 Å². The Morgan fingerprint density at radius 1 is 1.06 bits per heavy atom. The Hall–Kier alpha value is -2.53. The van der Waals surface area contributed by atoms with Crippen LogP contribution in [0.3, 0.4) is 0 Å². The number of carbonyl (C=O) groups is 1. The lowest BCUT2D eigenvalue weighted by Gasteiger charge is -2.28. The van der Waals surface area contributed by atoms with E-state index in [1.165, 1.54) is 6.07 Å². The maximum atomic E-state index is 13.8. The fourth-order valence-electron chi connectivity index (χ4n) is 2.49. The number of nitrogens with one attached hydrogen (secondary N) is 1. The van der Waals surface area contributed by atoms with Gasteiger partial charge in [-0.15, -0.1) is 11.8 Å². The number of para-hydroxylation sites is 1. The monoisotopic (exact) mass is 566 g/mol. The fraction of sp³-hybridized carbons (Fsp3) is 0.278. The summed E-state index contributed by atoms with van der Waals surface area (Å²) in [6, 6.07) is 6.80. The Balaban J connectivity index is 2.31. The van der Waals surface area contributed by atoms with Crippen molar-refractivity contribution in [2.24, 2.45) is 0 Å². The minimum atomic E-state index is -6.57. The molecule has 0 saturated heterocycles. The van der Waals surface area contributed by atoms with Crippen LogP contribution in [-0.2, 0) is 14.6 Å². The van der Waals surface area contributed by atoms with Crippen LogP contribution < -0.4 is 5.32 Å². The van der Waals surface area contributed by atoms with E-state index in [9.17, 15) is 54.1 Å². The van der Waals surface area contributed by atoms with E-state index in [0.717, 1.165) is 42.1 Å². The van der Waals surface area contributed by atoms with Gasteiger partial charge in [-0.2, -0.15) is 30.7 Å². The lowest BCUT2D eigenvalue weighted by Crippen LogP contribution is -2.49. The molecule has 17 heteroatoms. The van der Waals surface area contributed by atoms with Gasteiger partial charge in [0, 0.05) is 15.9 Å². The van der Waals surface area contributed by atoms with Crippen LogP contribution in [0.2, 0.25) is 0 Å². The van der Waals surface area contributed by atoms with Crippen LogP contribution in [0.15, 0.2) is 57.2 Å². The van der Waals surface area contributed by atoms with E-state index in [2.05, 4.69) is 0 Å². The Morgan fingerprint density at radius 3 is 2.20 bits per heavy atom. The van der Waals surface area contributed by atoms with Gasteiger partial charge in [0.15, 0.2) is 9.84 Å². The first-order valence-corrected chi connectivity index (χ1v) is 12.6. The first-order chi connectivity index (χ1) is 15.9. The second-order valence-corrected chi connectivity index (χ2v) is 10.6. The summed E-state index contributed by atoms with van der Waals surface area (Å²) >= 11 is -0.107. The number of thioether (sulfide) groups is 2. The van der Waals surface area contributed by atoms with Crippen molar-refractivity contribution in [3.05, 3.63) is 52.6 Å². The molecule has 0 atom stereocenters. The second-order valence-electron chi connectivity index (χ2n) is 6.59. The van der Waals surface area contributed by atoms with Gasteiger partial charge in [-0.05, 0) is 42.3 Å². The molecular formula is C18H13F7N2O5S3. The SMILES string of the molecule is CSc1ccc(S(=O)(=O)CC(=O)Nc2ccccc2SC(F)(F)C(F)(F)C(F)(F)F)c([N+](=O)[O-])c1. The zero-order chi connectivity index (χ0) is 26.8. The van der Waals surface area contributed by atoms with Crippen LogP contribution in [0, 0.1) is 10.1 Å². The molecule has 0 spiro atoms. The van der Waals surface area contributed by atoms with Crippen molar-refractivity contribution in [3.8, 4) is 0 Å². The van der Waals surface area contributed by atoms with Crippen LogP contribution in [0.1, 0.15) is 0 Å². The lowest BCUT2D eigenvalue weighted by molar-refractivity contribution is -0.388. The summed E-state index contributed by atoms with van der Waals surface area (Å²) in [6.07, 6.45) is -5.00. The predicted octanol–water partition coefficient (Wildman–Crippen LogP) is 5.61. The molecule has 2 rings (SSSR count). The number of anilines is 1. The minimum Gasteiger partial charge on any atom is -0.324 e. The van der Waals surface area contributed by atoms with Crippen LogP contribution >= 0.6 is 23.5 Å². The van der Waals surface area contributed by atoms with Crippen molar-refractivity contribution < 1.29 is 48.9 Å². The first kappa shape index (κ1) is 28.7. The molecular weight excluding hydrogens is 553 g/mol. The van der Waals surface area contributed by atoms with Gasteiger partial charge < -0.3 is 5.32 Å². The summed E-state index contributed by atoms with van der Waals surface area (Å²) in [5.74, 6) is -9.25. The molecule has 35 heavy (non-hydrogen) atoms. The molecule has 0 aromatic heterocycles. The van der Waals surface area contributed by atoms with Gasteiger partial charge in [0.2, 0.25) is 5.91 Å². The second kappa shape index (κ2) is 10.2. The summed E-state index contributed by atoms with van der Waals surface area (Å²) in [5.41, 5.74) is -1.50. The number of carbonyl (C=O) groups excluding carboxylic acids is 1. The molecule has 0 unspecified atom stereocenters. The summed E-state index contributed by atoms with van der Waals surface area (Å²) in [4.78, 5) is 21.2. The van der Waals surface area contributed by atoms with Gasteiger partial charge in [-0.3, -0.25) is 14.9 Å². The molecule has 1 N–H and O–H groups in total. The third kappa shape index (κ3) is 6.38. The van der Waals surface area contributed by atoms with Crippen LogP contribution in [0.4, 0.5) is 42.1 Å². The zero-order valence-corrected chi connectivity index (χ0v) is 19.6. The summed E-state index contributed by atoms with van der Waals surface area (Å²) in [7, 11) is -4.66. The highest BCUT2D eigenvalue weighted by Gasteiger charge is 2.73. The van der Waals surface area contributed by atoms with Gasteiger partial charge in [-0.1, -0.05) is 12.1 Å². The van der Waals surface area contributed by atoms with E-state index in [1.54, 1.807) is 6.26 Å². The largest absolute Gasteiger partial charge is 0.460 e. The number of amides is 1. The number of benzene rings is 2. The highest BCUT2D eigenvalue weighted by Crippen LogP contribution is 2.54. The van der Waals surface area contributed by atoms with E-state index in [-0.39, 0.29) is 0 Å². The molecule has 0 aliphatic carbocycles. The minimum absolute atomic E-state index is 0.350. The highest BCUT2D eigenvalue weighted by atomic mass is 32.2. The Labute approximate surface area is 201 Å².